The molecule has 2 aromatic heterocycles. The lowest BCUT2D eigenvalue weighted by atomic mass is 9.81. The maximum Gasteiger partial charge on any atom is 0.145 e. The summed E-state index contributed by atoms with van der Waals surface area (Å²) in [6.07, 6.45) is 3.40. The van der Waals surface area contributed by atoms with E-state index in [1.807, 2.05) is 0 Å². The molecule has 0 N–H and O–H groups in total. The molecule has 0 bridgehead atoms. The highest BCUT2D eigenvalue weighted by Crippen LogP contribution is 2.53. The first-order chi connectivity index (χ1) is 13.4. The molecule has 2 aromatic carbocycles. The van der Waals surface area contributed by atoms with Gasteiger partial charge in [-0.3, -0.25) is 4.40 Å². The Morgan fingerprint density at radius 3 is 2.31 bits per heavy atom. The molecule has 150 valence electrons. The van der Waals surface area contributed by atoms with Gasteiger partial charge in [0.2, 0.25) is 0 Å². The number of rotatable bonds is 0. The van der Waals surface area contributed by atoms with Gasteiger partial charge >= 0.3 is 0 Å². The van der Waals surface area contributed by atoms with Crippen molar-refractivity contribution in [3.8, 4) is 0 Å². The van der Waals surface area contributed by atoms with Gasteiger partial charge in [0.05, 0.1) is 11.0 Å². The number of fused-ring (bicyclic) bond motifs is 7. The Hall–Kier alpha value is -2.35. The summed E-state index contributed by atoms with van der Waals surface area (Å²) < 4.78 is 2.34. The van der Waals surface area contributed by atoms with Crippen LogP contribution in [-0.2, 0) is 16.2 Å². The smallest absolute Gasteiger partial charge is 0.145 e. The van der Waals surface area contributed by atoms with Crippen LogP contribution in [-0.4, -0.2) is 9.38 Å². The number of benzene rings is 2. The summed E-state index contributed by atoms with van der Waals surface area (Å²) in [6, 6.07) is 11.4. The van der Waals surface area contributed by atoms with Crippen LogP contribution in [0.15, 0.2) is 36.5 Å². The maximum absolute atomic E-state index is 5.15. The Labute approximate surface area is 174 Å². The number of hydrogen-bond acceptors (Lipinski definition) is 1. The second-order valence-electron chi connectivity index (χ2n) is 11.4. The zero-order valence-corrected chi connectivity index (χ0v) is 19.1. The third-order valence-electron chi connectivity index (χ3n) is 6.97. The molecule has 0 spiro atoms. The van der Waals surface area contributed by atoms with Crippen molar-refractivity contribution < 1.29 is 0 Å². The van der Waals surface area contributed by atoms with Crippen LogP contribution in [0.5, 0.6) is 0 Å². The molecule has 0 aliphatic heterocycles. The number of nitrogens with zero attached hydrogens (tertiary/aromatic N) is 2. The Morgan fingerprint density at radius 1 is 0.931 bits per heavy atom. The van der Waals surface area contributed by atoms with Gasteiger partial charge in [0.25, 0.3) is 0 Å². The standard InChI is InChI=1S/C27H32N2/c1-16-13-20-23(22-21(16)26(5,6)15-27(22,7)8)29-12-11-17-14-18(25(2,3)4)9-10-19(17)24(29)28-20/h9-14H,15H2,1-8H3. The first-order valence-corrected chi connectivity index (χ1v) is 10.8. The second-order valence-corrected chi connectivity index (χ2v) is 11.4. The largest absolute Gasteiger partial charge is 0.299 e. The van der Waals surface area contributed by atoms with Gasteiger partial charge in [-0.25, -0.2) is 4.98 Å². The summed E-state index contributed by atoms with van der Waals surface area (Å²) in [5.74, 6) is 0. The summed E-state index contributed by atoms with van der Waals surface area (Å²) in [5.41, 5.74) is 9.76. The summed E-state index contributed by atoms with van der Waals surface area (Å²) in [7, 11) is 0. The lowest BCUT2D eigenvalue weighted by Crippen LogP contribution is -2.18. The van der Waals surface area contributed by atoms with Crippen molar-refractivity contribution in [2.75, 3.05) is 0 Å². The van der Waals surface area contributed by atoms with Crippen LogP contribution in [0.2, 0.25) is 0 Å². The van der Waals surface area contributed by atoms with Crippen molar-refractivity contribution >= 4 is 27.5 Å². The van der Waals surface area contributed by atoms with Crippen LogP contribution in [0.3, 0.4) is 0 Å². The normalized spacial score (nSPS) is 18.1. The van der Waals surface area contributed by atoms with Crippen molar-refractivity contribution in [3.05, 3.63) is 58.8 Å². The van der Waals surface area contributed by atoms with Crippen LogP contribution in [0.1, 0.15) is 77.1 Å². The van der Waals surface area contributed by atoms with Crippen LogP contribution < -0.4 is 0 Å². The minimum absolute atomic E-state index is 0.143. The minimum Gasteiger partial charge on any atom is -0.299 e. The van der Waals surface area contributed by atoms with E-state index in [0.29, 0.717) is 0 Å². The van der Waals surface area contributed by atoms with Gasteiger partial charge in [-0.2, -0.15) is 0 Å². The summed E-state index contributed by atoms with van der Waals surface area (Å²) in [6.45, 7) is 18.7. The number of pyridine rings is 1. The molecule has 2 heterocycles. The Bertz CT molecular complexity index is 1310. The van der Waals surface area contributed by atoms with E-state index < -0.39 is 0 Å². The van der Waals surface area contributed by atoms with E-state index in [9.17, 15) is 0 Å². The molecule has 1 aliphatic carbocycles. The average molecular weight is 385 g/mol. The van der Waals surface area contributed by atoms with Crippen molar-refractivity contribution in [2.45, 2.75) is 78.1 Å². The van der Waals surface area contributed by atoms with Crippen molar-refractivity contribution in [3.63, 3.8) is 0 Å². The Morgan fingerprint density at radius 2 is 1.62 bits per heavy atom. The van der Waals surface area contributed by atoms with Gasteiger partial charge in [-0.15, -0.1) is 0 Å². The van der Waals surface area contributed by atoms with Gasteiger partial charge in [0.15, 0.2) is 0 Å². The van der Waals surface area contributed by atoms with Crippen molar-refractivity contribution in [1.82, 2.24) is 9.38 Å². The van der Waals surface area contributed by atoms with Crippen molar-refractivity contribution in [1.29, 1.82) is 0 Å². The fourth-order valence-corrected chi connectivity index (χ4v) is 6.07. The molecule has 0 unspecified atom stereocenters. The minimum atomic E-state index is 0.143. The predicted octanol–water partition coefficient (Wildman–Crippen LogP) is 7.21. The predicted molar refractivity (Wildman–Crippen MR) is 124 cm³/mol. The molecule has 0 radical (unpaired) electrons. The summed E-state index contributed by atoms with van der Waals surface area (Å²) in [5, 5.41) is 2.51. The van der Waals surface area contributed by atoms with E-state index in [1.165, 1.54) is 45.0 Å². The highest BCUT2D eigenvalue weighted by Gasteiger charge is 2.44. The molecular formula is C27H32N2. The topological polar surface area (TPSA) is 17.3 Å². The zero-order valence-electron chi connectivity index (χ0n) is 19.1. The van der Waals surface area contributed by atoms with Gasteiger partial charge < -0.3 is 0 Å². The first kappa shape index (κ1) is 18.7. The molecule has 0 amide bonds. The lowest BCUT2D eigenvalue weighted by Gasteiger charge is -2.23. The number of hydrogen-bond donors (Lipinski definition) is 0. The number of imidazole rings is 1. The SMILES string of the molecule is Cc1cc2nc3c4ccc(C(C)(C)C)cc4ccn3c2c2c1C(C)(C)CC2(C)C. The maximum atomic E-state index is 5.15. The first-order valence-electron chi connectivity index (χ1n) is 10.8. The molecule has 0 saturated heterocycles. The molecule has 29 heavy (non-hydrogen) atoms. The van der Waals surface area contributed by atoms with E-state index in [4.69, 9.17) is 4.98 Å². The van der Waals surface area contributed by atoms with Crippen LogP contribution in [0.4, 0.5) is 0 Å². The highest BCUT2D eigenvalue weighted by atomic mass is 15.0. The molecule has 1 aliphatic rings. The van der Waals surface area contributed by atoms with Gasteiger partial charge in [0.1, 0.15) is 5.65 Å². The molecule has 0 saturated carbocycles. The van der Waals surface area contributed by atoms with E-state index in [2.05, 4.69) is 96.3 Å². The molecule has 2 nitrogen and oxygen atoms in total. The zero-order chi connectivity index (χ0) is 20.9. The summed E-state index contributed by atoms with van der Waals surface area (Å²) in [4.78, 5) is 5.15. The molecule has 0 atom stereocenters. The van der Waals surface area contributed by atoms with Crippen LogP contribution in [0.25, 0.3) is 27.5 Å². The van der Waals surface area contributed by atoms with E-state index >= 15 is 0 Å². The van der Waals surface area contributed by atoms with Crippen LogP contribution in [0, 0.1) is 6.92 Å². The molecule has 2 heteroatoms. The number of aryl methyl sites for hydroxylation is 1. The monoisotopic (exact) mass is 384 g/mol. The second kappa shape index (κ2) is 5.41. The quantitative estimate of drug-likeness (QED) is 0.313. The lowest BCUT2D eigenvalue weighted by molar-refractivity contribution is 0.403. The third-order valence-corrected chi connectivity index (χ3v) is 6.97. The van der Waals surface area contributed by atoms with E-state index in [1.54, 1.807) is 0 Å². The van der Waals surface area contributed by atoms with Gasteiger partial charge in [0, 0.05) is 11.6 Å². The van der Waals surface area contributed by atoms with Crippen molar-refractivity contribution in [2.24, 2.45) is 0 Å². The fraction of sp³-hybridized carbons (Fsp3) is 0.444. The van der Waals surface area contributed by atoms with E-state index in [-0.39, 0.29) is 16.2 Å². The van der Waals surface area contributed by atoms with E-state index in [0.717, 1.165) is 11.2 Å². The Balaban J connectivity index is 1.91. The van der Waals surface area contributed by atoms with Gasteiger partial charge in [-0.1, -0.05) is 66.7 Å². The summed E-state index contributed by atoms with van der Waals surface area (Å²) >= 11 is 0. The fourth-order valence-electron chi connectivity index (χ4n) is 6.07. The number of aromatic nitrogens is 2. The van der Waals surface area contributed by atoms with Gasteiger partial charge in [-0.05, 0) is 69.4 Å². The average Bonchev–Trinajstić information content (AvgIpc) is 3.04. The molecule has 5 rings (SSSR count). The molecule has 4 aromatic rings. The highest BCUT2D eigenvalue weighted by molar-refractivity contribution is 6.00. The Kier molecular flexibility index (Phi) is 3.48. The molecule has 0 fully saturated rings. The molecular weight excluding hydrogens is 352 g/mol. The van der Waals surface area contributed by atoms with Crippen LogP contribution >= 0.6 is 0 Å². The third kappa shape index (κ3) is 2.51.